The lowest BCUT2D eigenvalue weighted by molar-refractivity contribution is 0.401. The number of rotatable bonds is 8. The predicted octanol–water partition coefficient (Wildman–Crippen LogP) is 2.27. The highest BCUT2D eigenvalue weighted by atomic mass is 32.2. The highest BCUT2D eigenvalue weighted by Crippen LogP contribution is 2.25. The number of sulfonamides is 1. The number of nitrogens with one attached hydrogen (secondary N) is 2. The van der Waals surface area contributed by atoms with Gasteiger partial charge in [-0.3, -0.25) is 0 Å². The molecule has 0 radical (unpaired) electrons. The van der Waals surface area contributed by atoms with Crippen molar-refractivity contribution >= 4 is 10.0 Å². The smallest absolute Gasteiger partial charge is 0.244 e. The lowest BCUT2D eigenvalue weighted by Gasteiger charge is -2.16. The Bertz CT molecular complexity index is 556. The molecule has 1 aromatic rings. The topological polar surface area (TPSA) is 67.4 Å². The van der Waals surface area contributed by atoms with E-state index in [1.54, 1.807) is 12.1 Å². The van der Waals surface area contributed by atoms with Crippen LogP contribution >= 0.6 is 0 Å². The van der Waals surface area contributed by atoms with E-state index in [9.17, 15) is 8.42 Å². The van der Waals surface area contributed by atoms with E-state index in [0.717, 1.165) is 12.0 Å². The zero-order valence-electron chi connectivity index (χ0n) is 13.4. The second kappa shape index (κ2) is 7.77. The van der Waals surface area contributed by atoms with Gasteiger partial charge in [-0.15, -0.1) is 0 Å². The van der Waals surface area contributed by atoms with Crippen molar-refractivity contribution in [2.45, 2.75) is 57.6 Å². The normalized spacial score (nSPS) is 13.4. The molecule has 1 atom stereocenters. The van der Waals surface area contributed by atoms with E-state index in [0.29, 0.717) is 18.3 Å². The lowest BCUT2D eigenvalue weighted by atomic mass is 10.2. The molecule has 0 amide bonds. The van der Waals surface area contributed by atoms with Gasteiger partial charge < -0.3 is 10.1 Å². The molecule has 0 saturated carbocycles. The van der Waals surface area contributed by atoms with E-state index in [-0.39, 0.29) is 10.9 Å². The molecule has 0 aliphatic heterocycles. The Labute approximate surface area is 128 Å². The molecule has 1 rings (SSSR count). The molecule has 0 aliphatic carbocycles. The number of hydrogen-bond donors (Lipinski definition) is 2. The number of ether oxygens (including phenoxy) is 1. The van der Waals surface area contributed by atoms with Crippen molar-refractivity contribution in [2.24, 2.45) is 0 Å². The van der Waals surface area contributed by atoms with Crippen LogP contribution in [0.5, 0.6) is 5.75 Å². The third-order valence-corrected chi connectivity index (χ3v) is 4.83. The third-order valence-electron chi connectivity index (χ3n) is 3.20. The number of hydrogen-bond acceptors (Lipinski definition) is 4. The quantitative estimate of drug-likeness (QED) is 0.772. The van der Waals surface area contributed by atoms with E-state index in [1.165, 1.54) is 7.11 Å². The first-order chi connectivity index (χ1) is 9.80. The highest BCUT2D eigenvalue weighted by molar-refractivity contribution is 7.89. The zero-order chi connectivity index (χ0) is 16.0. The highest BCUT2D eigenvalue weighted by Gasteiger charge is 2.21. The molecule has 5 nitrogen and oxygen atoms in total. The SMILES string of the molecule is CCC(C)NS(=O)(=O)c1ccc(CNC(C)C)cc1OC. The van der Waals surface area contributed by atoms with Gasteiger partial charge in [-0.2, -0.15) is 0 Å². The van der Waals surface area contributed by atoms with Crippen LogP contribution in [0, 0.1) is 0 Å². The van der Waals surface area contributed by atoms with Gasteiger partial charge >= 0.3 is 0 Å². The zero-order valence-corrected chi connectivity index (χ0v) is 14.3. The second-order valence-electron chi connectivity index (χ2n) is 5.45. The monoisotopic (exact) mass is 314 g/mol. The standard InChI is InChI=1S/C15H26N2O3S/c1-6-12(4)17-21(18,19)15-8-7-13(9-14(15)20-5)10-16-11(2)3/h7-9,11-12,16-17H,6,10H2,1-5H3. The summed E-state index contributed by atoms with van der Waals surface area (Å²) in [5, 5.41) is 3.29. The molecule has 1 aromatic carbocycles. The molecule has 1 unspecified atom stereocenters. The van der Waals surface area contributed by atoms with Gasteiger partial charge in [-0.05, 0) is 31.0 Å². The number of methoxy groups -OCH3 is 1. The van der Waals surface area contributed by atoms with Crippen LogP contribution in [0.25, 0.3) is 0 Å². The molecule has 0 spiro atoms. The van der Waals surface area contributed by atoms with Gasteiger partial charge in [0, 0.05) is 18.6 Å². The van der Waals surface area contributed by atoms with Crippen LogP contribution in [-0.2, 0) is 16.6 Å². The Kier molecular flexibility index (Phi) is 6.64. The predicted molar refractivity (Wildman–Crippen MR) is 85.0 cm³/mol. The summed E-state index contributed by atoms with van der Waals surface area (Å²) in [6, 6.07) is 5.43. The molecular formula is C15H26N2O3S. The first kappa shape index (κ1) is 17.9. The van der Waals surface area contributed by atoms with Gasteiger partial charge in [0.15, 0.2) is 0 Å². The van der Waals surface area contributed by atoms with Crippen molar-refractivity contribution in [1.82, 2.24) is 10.0 Å². The molecule has 6 heteroatoms. The summed E-state index contributed by atoms with van der Waals surface area (Å²) in [7, 11) is -2.07. The van der Waals surface area contributed by atoms with Crippen LogP contribution in [0.3, 0.4) is 0 Å². The Morgan fingerprint density at radius 1 is 1.24 bits per heavy atom. The molecule has 2 N–H and O–H groups in total. The van der Waals surface area contributed by atoms with Crippen LogP contribution in [-0.4, -0.2) is 27.6 Å². The first-order valence-corrected chi connectivity index (χ1v) is 8.71. The summed E-state index contributed by atoms with van der Waals surface area (Å²) in [5.74, 6) is 0.369. The van der Waals surface area contributed by atoms with Crippen molar-refractivity contribution in [3.63, 3.8) is 0 Å². The Hall–Kier alpha value is -1.11. The first-order valence-electron chi connectivity index (χ1n) is 7.22. The average molecular weight is 314 g/mol. The largest absolute Gasteiger partial charge is 0.495 e. The van der Waals surface area contributed by atoms with Crippen LogP contribution in [0.1, 0.15) is 39.7 Å². The summed E-state index contributed by atoms with van der Waals surface area (Å²) in [5.41, 5.74) is 0.989. The van der Waals surface area contributed by atoms with Gasteiger partial charge in [0.05, 0.1) is 7.11 Å². The fourth-order valence-electron chi connectivity index (χ4n) is 1.78. The van der Waals surface area contributed by atoms with Crippen molar-refractivity contribution < 1.29 is 13.2 Å². The van der Waals surface area contributed by atoms with Gasteiger partial charge in [-0.1, -0.05) is 26.8 Å². The third kappa shape index (κ3) is 5.30. The van der Waals surface area contributed by atoms with Gasteiger partial charge in [0.2, 0.25) is 10.0 Å². The Morgan fingerprint density at radius 2 is 1.90 bits per heavy atom. The summed E-state index contributed by atoms with van der Waals surface area (Å²) in [6.45, 7) is 8.57. The minimum absolute atomic E-state index is 0.109. The Balaban J connectivity index is 3.03. The second-order valence-corrected chi connectivity index (χ2v) is 7.13. The van der Waals surface area contributed by atoms with Crippen LogP contribution in [0.4, 0.5) is 0 Å². The molecule has 0 saturated heterocycles. The molecule has 0 heterocycles. The van der Waals surface area contributed by atoms with Gasteiger partial charge in [0.1, 0.15) is 10.6 Å². The minimum atomic E-state index is -3.56. The van der Waals surface area contributed by atoms with E-state index in [1.807, 2.05) is 19.9 Å². The molecular weight excluding hydrogens is 288 g/mol. The molecule has 0 bridgehead atoms. The minimum Gasteiger partial charge on any atom is -0.495 e. The van der Waals surface area contributed by atoms with Crippen molar-refractivity contribution in [2.75, 3.05) is 7.11 Å². The lowest BCUT2D eigenvalue weighted by Crippen LogP contribution is -2.32. The molecule has 21 heavy (non-hydrogen) atoms. The fourth-order valence-corrected chi connectivity index (χ4v) is 3.26. The van der Waals surface area contributed by atoms with Crippen LogP contribution in [0.2, 0.25) is 0 Å². The number of benzene rings is 1. The van der Waals surface area contributed by atoms with Gasteiger partial charge in [0.25, 0.3) is 0 Å². The molecule has 120 valence electrons. The maximum atomic E-state index is 12.4. The fraction of sp³-hybridized carbons (Fsp3) is 0.600. The van der Waals surface area contributed by atoms with Crippen LogP contribution < -0.4 is 14.8 Å². The summed E-state index contributed by atoms with van der Waals surface area (Å²) < 4.78 is 32.6. The van der Waals surface area contributed by atoms with Gasteiger partial charge in [-0.25, -0.2) is 13.1 Å². The summed E-state index contributed by atoms with van der Waals surface area (Å²) >= 11 is 0. The van der Waals surface area contributed by atoms with Crippen molar-refractivity contribution in [3.05, 3.63) is 23.8 Å². The maximum absolute atomic E-state index is 12.4. The van der Waals surface area contributed by atoms with Crippen molar-refractivity contribution in [3.8, 4) is 5.75 Å². The summed E-state index contributed by atoms with van der Waals surface area (Å²) in [6.07, 6.45) is 0.734. The average Bonchev–Trinajstić information content (AvgIpc) is 2.43. The van der Waals surface area contributed by atoms with E-state index in [4.69, 9.17) is 4.74 Å². The molecule has 0 aromatic heterocycles. The van der Waals surface area contributed by atoms with Crippen molar-refractivity contribution in [1.29, 1.82) is 0 Å². The van der Waals surface area contributed by atoms with E-state index in [2.05, 4.69) is 23.9 Å². The Morgan fingerprint density at radius 3 is 2.43 bits per heavy atom. The maximum Gasteiger partial charge on any atom is 0.244 e. The van der Waals surface area contributed by atoms with E-state index >= 15 is 0 Å². The molecule has 0 aliphatic rings. The van der Waals surface area contributed by atoms with Crippen LogP contribution in [0.15, 0.2) is 23.1 Å². The summed E-state index contributed by atoms with van der Waals surface area (Å²) in [4.78, 5) is 0.179. The molecule has 0 fully saturated rings. The van der Waals surface area contributed by atoms with E-state index < -0.39 is 10.0 Å².